The van der Waals surface area contributed by atoms with E-state index in [4.69, 9.17) is 23.6 Å². The number of allylic oxidation sites excluding steroid dienone is 1. The molecule has 9 heteroatoms. The molecule has 2 aliphatic rings. The first-order chi connectivity index (χ1) is 22.0. The van der Waals surface area contributed by atoms with Crippen molar-refractivity contribution in [3.8, 4) is 22.8 Å². The van der Waals surface area contributed by atoms with Gasteiger partial charge in [0.15, 0.2) is 16.3 Å². The van der Waals surface area contributed by atoms with E-state index >= 15 is 0 Å². The van der Waals surface area contributed by atoms with Gasteiger partial charge in [-0.05, 0) is 72.9 Å². The van der Waals surface area contributed by atoms with E-state index in [1.54, 1.807) is 50.0 Å². The maximum Gasteiger partial charge on any atom is 0.338 e. The number of carbonyl (C=O) groups is 1. The molecule has 0 radical (unpaired) electrons. The van der Waals surface area contributed by atoms with Crippen molar-refractivity contribution in [3.63, 3.8) is 0 Å². The highest BCUT2D eigenvalue weighted by molar-refractivity contribution is 7.07. The molecule has 0 amide bonds. The molecule has 0 N–H and O–H groups in total. The summed E-state index contributed by atoms with van der Waals surface area (Å²) in [7, 11) is 3.22. The Morgan fingerprint density at radius 2 is 1.84 bits per heavy atom. The molecule has 7 rings (SSSR count). The fourth-order valence-electron chi connectivity index (χ4n) is 6.07. The molecule has 0 saturated heterocycles. The second-order valence-corrected chi connectivity index (χ2v) is 11.7. The molecule has 5 aromatic rings. The topological polar surface area (TPSA) is 92.3 Å². The Hall–Kier alpha value is -5.15. The largest absolute Gasteiger partial charge is 0.493 e. The molecule has 3 aromatic carbocycles. The van der Waals surface area contributed by atoms with Gasteiger partial charge in [-0.1, -0.05) is 53.8 Å². The SMILES string of the molecule is CCOC(=O)c1cccc(-c2ccc(/C=c3\sc4n(c3=O)[C@H](c3ccc(OC)c(OC)c3)C3=C(N=4)c4ccccc4CC3)o2)c1. The molecule has 1 aliphatic heterocycles. The Balaban J connectivity index is 1.35. The van der Waals surface area contributed by atoms with E-state index in [0.717, 1.165) is 40.8 Å². The lowest BCUT2D eigenvalue weighted by Crippen LogP contribution is -2.38. The van der Waals surface area contributed by atoms with Gasteiger partial charge in [0.2, 0.25) is 0 Å². The second kappa shape index (κ2) is 11.7. The minimum Gasteiger partial charge on any atom is -0.493 e. The standard InChI is InChI=1S/C36H30N2O6S/c1-4-43-35(40)24-10-7-9-22(18-24)28-17-14-25(44-28)20-31-34(39)38-33(23-13-16-29(41-2)30(19-23)42-3)27-15-12-21-8-5-6-11-26(21)32(27)37-36(38)45-31/h5-11,13-14,16-20,33H,4,12,15H2,1-3H3/b31-20-/t33-/m1/s1. The van der Waals surface area contributed by atoms with Gasteiger partial charge in [0, 0.05) is 17.2 Å². The first kappa shape index (κ1) is 28.6. The molecule has 45 heavy (non-hydrogen) atoms. The van der Waals surface area contributed by atoms with Crippen molar-refractivity contribution in [2.75, 3.05) is 20.8 Å². The summed E-state index contributed by atoms with van der Waals surface area (Å²) in [6, 6.07) is 24.5. The highest BCUT2D eigenvalue weighted by Crippen LogP contribution is 2.42. The zero-order valence-corrected chi connectivity index (χ0v) is 25.9. The van der Waals surface area contributed by atoms with Crippen LogP contribution in [0.25, 0.3) is 23.1 Å². The number of thiazole rings is 1. The molecule has 226 valence electrons. The summed E-state index contributed by atoms with van der Waals surface area (Å²) in [5.74, 6) is 1.94. The molecular formula is C36H30N2O6S. The summed E-state index contributed by atoms with van der Waals surface area (Å²) < 4.78 is 24.7. The zero-order chi connectivity index (χ0) is 31.1. The third-order valence-electron chi connectivity index (χ3n) is 8.15. The third kappa shape index (κ3) is 5.09. The lowest BCUT2D eigenvalue weighted by molar-refractivity contribution is 0.0526. The van der Waals surface area contributed by atoms with E-state index in [1.165, 1.54) is 16.9 Å². The van der Waals surface area contributed by atoms with Gasteiger partial charge in [0.25, 0.3) is 5.56 Å². The van der Waals surface area contributed by atoms with E-state index in [0.29, 0.717) is 44.5 Å². The van der Waals surface area contributed by atoms with Crippen LogP contribution >= 0.6 is 11.3 Å². The van der Waals surface area contributed by atoms with Crippen molar-refractivity contribution in [3.05, 3.63) is 132 Å². The second-order valence-electron chi connectivity index (χ2n) is 10.7. The van der Waals surface area contributed by atoms with Crippen LogP contribution < -0.4 is 24.4 Å². The van der Waals surface area contributed by atoms with Crippen LogP contribution in [0.3, 0.4) is 0 Å². The lowest BCUT2D eigenvalue weighted by Gasteiger charge is -2.31. The number of ether oxygens (including phenoxy) is 3. The van der Waals surface area contributed by atoms with Gasteiger partial charge in [-0.3, -0.25) is 9.36 Å². The first-order valence-electron chi connectivity index (χ1n) is 14.7. The Bertz CT molecular complexity index is 2170. The molecule has 1 atom stereocenters. The van der Waals surface area contributed by atoms with E-state index in [2.05, 4.69) is 18.2 Å². The summed E-state index contributed by atoms with van der Waals surface area (Å²) in [6.07, 6.45) is 3.40. The monoisotopic (exact) mass is 618 g/mol. The van der Waals surface area contributed by atoms with Crippen LogP contribution in [0.4, 0.5) is 0 Å². The van der Waals surface area contributed by atoms with Crippen LogP contribution in [0.2, 0.25) is 0 Å². The van der Waals surface area contributed by atoms with Crippen molar-refractivity contribution in [2.45, 2.75) is 25.8 Å². The first-order valence-corrected chi connectivity index (χ1v) is 15.5. The minimum absolute atomic E-state index is 0.147. The van der Waals surface area contributed by atoms with Crippen LogP contribution in [0.1, 0.15) is 52.2 Å². The maximum absolute atomic E-state index is 14.2. The fraction of sp³-hybridized carbons (Fsp3) is 0.194. The molecular weight excluding hydrogens is 588 g/mol. The number of aryl methyl sites for hydroxylation is 1. The molecule has 0 saturated carbocycles. The maximum atomic E-state index is 14.2. The quantitative estimate of drug-likeness (QED) is 0.215. The van der Waals surface area contributed by atoms with Gasteiger partial charge < -0.3 is 18.6 Å². The molecule has 8 nitrogen and oxygen atoms in total. The average molecular weight is 619 g/mol. The van der Waals surface area contributed by atoms with Gasteiger partial charge >= 0.3 is 5.97 Å². The van der Waals surface area contributed by atoms with Crippen LogP contribution in [-0.4, -0.2) is 31.4 Å². The normalized spacial score (nSPS) is 15.5. The van der Waals surface area contributed by atoms with Crippen molar-refractivity contribution >= 4 is 29.1 Å². The highest BCUT2D eigenvalue weighted by atomic mass is 32.1. The van der Waals surface area contributed by atoms with Gasteiger partial charge in [0.1, 0.15) is 11.5 Å². The Labute approximate surface area is 263 Å². The molecule has 0 fully saturated rings. The number of aromatic nitrogens is 1. The fourth-order valence-corrected chi connectivity index (χ4v) is 7.05. The van der Waals surface area contributed by atoms with Crippen LogP contribution in [0.15, 0.2) is 98.6 Å². The van der Waals surface area contributed by atoms with E-state index in [9.17, 15) is 9.59 Å². The van der Waals surface area contributed by atoms with Gasteiger partial charge in [0.05, 0.1) is 42.7 Å². The number of fused-ring (bicyclic) bond motifs is 3. The number of methoxy groups -OCH3 is 2. The van der Waals surface area contributed by atoms with Crippen molar-refractivity contribution < 1.29 is 23.4 Å². The lowest BCUT2D eigenvalue weighted by atomic mass is 9.83. The molecule has 2 aromatic heterocycles. The summed E-state index contributed by atoms with van der Waals surface area (Å²) in [5.41, 5.74) is 6.33. The van der Waals surface area contributed by atoms with Crippen LogP contribution in [-0.2, 0) is 11.2 Å². The smallest absolute Gasteiger partial charge is 0.338 e. The van der Waals surface area contributed by atoms with Crippen molar-refractivity contribution in [2.24, 2.45) is 4.99 Å². The zero-order valence-electron chi connectivity index (χ0n) is 25.0. The number of hydrogen-bond donors (Lipinski definition) is 0. The average Bonchev–Trinajstić information content (AvgIpc) is 3.67. The van der Waals surface area contributed by atoms with Crippen molar-refractivity contribution in [1.29, 1.82) is 0 Å². The number of rotatable bonds is 7. The molecule has 3 heterocycles. The Kier molecular flexibility index (Phi) is 7.47. The Morgan fingerprint density at radius 1 is 1.00 bits per heavy atom. The summed E-state index contributed by atoms with van der Waals surface area (Å²) in [6.45, 7) is 2.07. The van der Waals surface area contributed by atoms with E-state index < -0.39 is 0 Å². The highest BCUT2D eigenvalue weighted by Gasteiger charge is 2.33. The van der Waals surface area contributed by atoms with Crippen LogP contribution in [0.5, 0.6) is 11.5 Å². The molecule has 0 spiro atoms. The number of benzene rings is 3. The minimum atomic E-state index is -0.387. The van der Waals surface area contributed by atoms with Gasteiger partial charge in [-0.2, -0.15) is 0 Å². The number of carbonyl (C=O) groups excluding carboxylic acids is 1. The molecule has 1 aliphatic carbocycles. The van der Waals surface area contributed by atoms with Crippen molar-refractivity contribution in [1.82, 2.24) is 4.57 Å². The number of esters is 1. The predicted octanol–water partition coefficient (Wildman–Crippen LogP) is 5.77. The van der Waals surface area contributed by atoms with Gasteiger partial charge in [-0.15, -0.1) is 0 Å². The summed E-state index contributed by atoms with van der Waals surface area (Å²) >= 11 is 1.34. The third-order valence-corrected chi connectivity index (χ3v) is 9.14. The van der Waals surface area contributed by atoms with E-state index in [1.807, 2.05) is 42.5 Å². The summed E-state index contributed by atoms with van der Waals surface area (Å²) in [5, 5.41) is 0. The summed E-state index contributed by atoms with van der Waals surface area (Å²) in [4.78, 5) is 32.1. The Morgan fingerprint density at radius 3 is 2.67 bits per heavy atom. The number of furan rings is 1. The number of hydrogen-bond acceptors (Lipinski definition) is 8. The molecule has 0 unspecified atom stereocenters. The number of nitrogens with zero attached hydrogens (tertiary/aromatic N) is 2. The van der Waals surface area contributed by atoms with Crippen LogP contribution in [0, 0.1) is 0 Å². The van der Waals surface area contributed by atoms with E-state index in [-0.39, 0.29) is 17.6 Å². The van der Waals surface area contributed by atoms with Gasteiger partial charge in [-0.25, -0.2) is 9.79 Å². The molecule has 0 bridgehead atoms. The predicted molar refractivity (Wildman–Crippen MR) is 172 cm³/mol.